The van der Waals surface area contributed by atoms with Gasteiger partial charge in [0, 0.05) is 31.4 Å². The highest BCUT2D eigenvalue weighted by Crippen LogP contribution is 2.16. The molecule has 0 spiro atoms. The van der Waals surface area contributed by atoms with Gasteiger partial charge in [-0.05, 0) is 13.0 Å². The van der Waals surface area contributed by atoms with Crippen molar-refractivity contribution >= 4 is 0 Å². The molecule has 0 aliphatic rings. The molecule has 1 atom stereocenters. The normalized spacial score (nSPS) is 12.6. The van der Waals surface area contributed by atoms with Gasteiger partial charge in [-0.15, -0.1) is 5.10 Å². The van der Waals surface area contributed by atoms with Crippen LogP contribution >= 0.6 is 0 Å². The van der Waals surface area contributed by atoms with Gasteiger partial charge in [-0.1, -0.05) is 23.4 Å². The maximum atomic E-state index is 13.5. The molecule has 1 aromatic heterocycles. The van der Waals surface area contributed by atoms with E-state index in [-0.39, 0.29) is 11.9 Å². The van der Waals surface area contributed by atoms with E-state index in [0.717, 1.165) is 5.69 Å². The summed E-state index contributed by atoms with van der Waals surface area (Å²) in [6, 6.07) is 6.71. The Balaban J connectivity index is 1.98. The largest absolute Gasteiger partial charge is 0.304 e. The highest BCUT2D eigenvalue weighted by atomic mass is 19.1. The molecule has 1 heterocycles. The van der Waals surface area contributed by atoms with E-state index in [9.17, 15) is 4.39 Å². The lowest BCUT2D eigenvalue weighted by Gasteiger charge is -2.13. The van der Waals surface area contributed by atoms with Gasteiger partial charge in [-0.25, -0.2) is 4.39 Å². The lowest BCUT2D eigenvalue weighted by molar-refractivity contribution is 0.524. The molecule has 0 saturated carbocycles. The second-order valence-corrected chi connectivity index (χ2v) is 4.01. The smallest absolute Gasteiger partial charge is 0.127 e. The first-order valence-corrected chi connectivity index (χ1v) is 5.50. The first-order chi connectivity index (χ1) is 8.16. The molecule has 0 saturated heterocycles. The molecule has 0 radical (unpaired) electrons. The number of nitrogens with zero attached hydrogens (tertiary/aromatic N) is 3. The van der Waals surface area contributed by atoms with Crippen LogP contribution in [0.15, 0.2) is 30.5 Å². The van der Waals surface area contributed by atoms with Crippen LogP contribution in [-0.4, -0.2) is 15.0 Å². The third kappa shape index (κ3) is 2.88. The van der Waals surface area contributed by atoms with Crippen molar-refractivity contribution in [3.05, 3.63) is 47.5 Å². The van der Waals surface area contributed by atoms with Crippen LogP contribution in [0.25, 0.3) is 0 Å². The van der Waals surface area contributed by atoms with Gasteiger partial charge in [0.25, 0.3) is 0 Å². The van der Waals surface area contributed by atoms with Crippen molar-refractivity contribution in [2.24, 2.45) is 7.05 Å². The van der Waals surface area contributed by atoms with Gasteiger partial charge in [0.05, 0.1) is 5.69 Å². The molecule has 0 bridgehead atoms. The number of halogens is 1. The summed E-state index contributed by atoms with van der Waals surface area (Å²) in [6.07, 6.45) is 1.83. The Hall–Kier alpha value is -1.75. The Morgan fingerprint density at radius 2 is 2.18 bits per heavy atom. The van der Waals surface area contributed by atoms with Gasteiger partial charge in [0.2, 0.25) is 0 Å². The first kappa shape index (κ1) is 11.7. The van der Waals surface area contributed by atoms with Crippen LogP contribution in [0, 0.1) is 5.82 Å². The Kier molecular flexibility index (Phi) is 3.49. The maximum absolute atomic E-state index is 13.5. The standard InChI is InChI=1S/C12H15FN4/c1-9(11-5-3-4-6-12(11)13)14-7-10-8-17(2)16-15-10/h3-6,8-9,14H,7H2,1-2H3. The molecule has 0 aliphatic heterocycles. The Labute approximate surface area is 99.5 Å². The SMILES string of the molecule is CC(NCc1cn(C)nn1)c1ccccc1F. The van der Waals surface area contributed by atoms with E-state index in [1.54, 1.807) is 16.8 Å². The fourth-order valence-electron chi connectivity index (χ4n) is 1.67. The lowest BCUT2D eigenvalue weighted by atomic mass is 10.1. The molecule has 0 amide bonds. The van der Waals surface area contributed by atoms with E-state index in [2.05, 4.69) is 15.6 Å². The Morgan fingerprint density at radius 1 is 1.41 bits per heavy atom. The van der Waals surface area contributed by atoms with Crippen molar-refractivity contribution in [1.82, 2.24) is 20.3 Å². The van der Waals surface area contributed by atoms with Gasteiger partial charge in [0.15, 0.2) is 0 Å². The van der Waals surface area contributed by atoms with Gasteiger partial charge in [0.1, 0.15) is 5.82 Å². The fraction of sp³-hybridized carbons (Fsp3) is 0.333. The van der Waals surface area contributed by atoms with E-state index in [4.69, 9.17) is 0 Å². The summed E-state index contributed by atoms with van der Waals surface area (Å²) in [5.74, 6) is -0.188. The van der Waals surface area contributed by atoms with E-state index < -0.39 is 0 Å². The molecular formula is C12H15FN4. The van der Waals surface area contributed by atoms with E-state index in [1.807, 2.05) is 26.2 Å². The van der Waals surface area contributed by atoms with Gasteiger partial charge < -0.3 is 5.32 Å². The first-order valence-electron chi connectivity index (χ1n) is 5.50. The van der Waals surface area contributed by atoms with Crippen LogP contribution in [0.5, 0.6) is 0 Å². The molecule has 2 aromatic rings. The van der Waals surface area contributed by atoms with Gasteiger partial charge >= 0.3 is 0 Å². The number of aryl methyl sites for hydroxylation is 1. The van der Waals surface area contributed by atoms with E-state index in [1.165, 1.54) is 6.07 Å². The molecule has 1 N–H and O–H groups in total. The van der Waals surface area contributed by atoms with Crippen LogP contribution in [0.3, 0.4) is 0 Å². The quantitative estimate of drug-likeness (QED) is 0.877. The second kappa shape index (κ2) is 5.05. The van der Waals surface area contributed by atoms with Gasteiger partial charge in [-0.3, -0.25) is 4.68 Å². The third-order valence-electron chi connectivity index (χ3n) is 2.61. The molecular weight excluding hydrogens is 219 g/mol. The van der Waals surface area contributed by atoms with Crippen LogP contribution in [-0.2, 0) is 13.6 Å². The Bertz CT molecular complexity index is 495. The fourth-order valence-corrected chi connectivity index (χ4v) is 1.67. The summed E-state index contributed by atoms with van der Waals surface area (Å²) in [7, 11) is 1.82. The number of rotatable bonds is 4. The highest BCUT2D eigenvalue weighted by Gasteiger charge is 2.10. The van der Waals surface area contributed by atoms with Crippen LogP contribution in [0.1, 0.15) is 24.2 Å². The number of hydrogen-bond donors (Lipinski definition) is 1. The average molecular weight is 234 g/mol. The summed E-state index contributed by atoms with van der Waals surface area (Å²) in [4.78, 5) is 0. The minimum absolute atomic E-state index is 0.0572. The molecule has 0 aliphatic carbocycles. The van der Waals surface area contributed by atoms with E-state index >= 15 is 0 Å². The lowest BCUT2D eigenvalue weighted by Crippen LogP contribution is -2.19. The summed E-state index contributed by atoms with van der Waals surface area (Å²) in [5, 5.41) is 11.0. The van der Waals surface area contributed by atoms with Crippen molar-refractivity contribution in [2.75, 3.05) is 0 Å². The monoisotopic (exact) mass is 234 g/mol. The minimum Gasteiger partial charge on any atom is -0.304 e. The number of nitrogens with one attached hydrogen (secondary N) is 1. The predicted octanol–water partition coefficient (Wildman–Crippen LogP) is 1.80. The number of hydrogen-bond acceptors (Lipinski definition) is 3. The van der Waals surface area contributed by atoms with Crippen molar-refractivity contribution in [3.63, 3.8) is 0 Å². The van der Waals surface area contributed by atoms with Crippen molar-refractivity contribution in [1.29, 1.82) is 0 Å². The minimum atomic E-state index is -0.188. The molecule has 4 nitrogen and oxygen atoms in total. The molecule has 1 unspecified atom stereocenters. The molecule has 0 fully saturated rings. The zero-order valence-corrected chi connectivity index (χ0v) is 9.89. The third-order valence-corrected chi connectivity index (χ3v) is 2.61. The second-order valence-electron chi connectivity index (χ2n) is 4.01. The summed E-state index contributed by atoms with van der Waals surface area (Å²) in [5.41, 5.74) is 1.51. The van der Waals surface area contributed by atoms with Crippen LogP contribution < -0.4 is 5.32 Å². The van der Waals surface area contributed by atoms with Crippen LogP contribution in [0.4, 0.5) is 4.39 Å². The summed E-state index contributed by atoms with van der Waals surface area (Å²) >= 11 is 0. The van der Waals surface area contributed by atoms with E-state index in [0.29, 0.717) is 12.1 Å². The molecule has 5 heteroatoms. The van der Waals surface area contributed by atoms with Crippen molar-refractivity contribution in [2.45, 2.75) is 19.5 Å². The van der Waals surface area contributed by atoms with Crippen LogP contribution in [0.2, 0.25) is 0 Å². The van der Waals surface area contributed by atoms with Crippen molar-refractivity contribution < 1.29 is 4.39 Å². The number of benzene rings is 1. The average Bonchev–Trinajstić information content (AvgIpc) is 2.73. The molecule has 1 aromatic carbocycles. The van der Waals surface area contributed by atoms with Crippen molar-refractivity contribution in [3.8, 4) is 0 Å². The zero-order valence-electron chi connectivity index (χ0n) is 9.89. The topological polar surface area (TPSA) is 42.7 Å². The molecule has 17 heavy (non-hydrogen) atoms. The zero-order chi connectivity index (χ0) is 12.3. The Morgan fingerprint density at radius 3 is 2.82 bits per heavy atom. The molecule has 2 rings (SSSR count). The number of aromatic nitrogens is 3. The highest BCUT2D eigenvalue weighted by molar-refractivity contribution is 5.20. The predicted molar refractivity (Wildman–Crippen MR) is 62.7 cm³/mol. The summed E-state index contributed by atoms with van der Waals surface area (Å²) in [6.45, 7) is 2.50. The molecule has 90 valence electrons. The summed E-state index contributed by atoms with van der Waals surface area (Å²) < 4.78 is 15.1. The maximum Gasteiger partial charge on any atom is 0.127 e. The van der Waals surface area contributed by atoms with Gasteiger partial charge in [-0.2, -0.15) is 0 Å².